The van der Waals surface area contributed by atoms with Crippen LogP contribution in [-0.2, 0) is 10.1 Å². The summed E-state index contributed by atoms with van der Waals surface area (Å²) in [6.07, 6.45) is 0.0102. The van der Waals surface area contributed by atoms with Crippen LogP contribution in [0.4, 0.5) is 0 Å². The molecule has 3 N–H and O–H groups in total. The van der Waals surface area contributed by atoms with Gasteiger partial charge in [-0.15, -0.1) is 0 Å². The van der Waals surface area contributed by atoms with Crippen molar-refractivity contribution in [1.82, 2.24) is 0 Å². The number of hydrogen-bond acceptors (Lipinski definition) is 4. The molecule has 5 nitrogen and oxygen atoms in total. The molecular weight excluding hydrogens is 199 g/mol. The van der Waals surface area contributed by atoms with Gasteiger partial charge in [0.1, 0.15) is 0 Å². The van der Waals surface area contributed by atoms with E-state index in [-0.39, 0.29) is 70.8 Å². The molecule has 0 aromatic heterocycles. The number of hydrogen-bond donors (Lipinski definition) is 3. The topological polar surface area (TPSA) is 94.8 Å². The first-order valence-electron chi connectivity index (χ1n) is 2.73. The molecule has 0 spiro atoms. The van der Waals surface area contributed by atoms with Gasteiger partial charge in [-0.1, -0.05) is 0 Å². The van der Waals surface area contributed by atoms with Crippen LogP contribution >= 0.6 is 0 Å². The Balaban J connectivity index is 0. The van der Waals surface area contributed by atoms with Crippen molar-refractivity contribution in [1.29, 1.82) is 0 Å². The number of aliphatic hydroxyl groups is 2. The maximum atomic E-state index is 10.1. The van der Waals surface area contributed by atoms with Crippen LogP contribution in [-0.4, -0.2) is 86.6 Å². The Labute approximate surface area is 108 Å². The summed E-state index contributed by atoms with van der Waals surface area (Å²) in [5.41, 5.74) is -1.76. The quantitative estimate of drug-likeness (QED) is 0.380. The van der Waals surface area contributed by atoms with E-state index in [0.717, 1.165) is 0 Å². The van der Waals surface area contributed by atoms with Gasteiger partial charge in [-0.25, -0.2) is 0 Å². The van der Waals surface area contributed by atoms with E-state index in [0.29, 0.717) is 0 Å². The van der Waals surface area contributed by atoms with Crippen LogP contribution in [0.15, 0.2) is 0 Å². The van der Waals surface area contributed by atoms with Crippen molar-refractivity contribution in [2.24, 2.45) is 0 Å². The average molecular weight is 210 g/mol. The Morgan fingerprint density at radius 1 is 1.36 bits per heavy atom. The minimum atomic E-state index is -4.33. The summed E-state index contributed by atoms with van der Waals surface area (Å²) < 4.78 is 28.3. The monoisotopic (exact) mass is 210 g/mol. The zero-order valence-corrected chi connectivity index (χ0v) is 6.08. The third kappa shape index (κ3) is 7.82. The van der Waals surface area contributed by atoms with Crippen LogP contribution in [0.1, 0.15) is 12.8 Å². The fourth-order valence-corrected chi connectivity index (χ4v) is 0.879. The molecule has 0 aliphatic rings. The van der Waals surface area contributed by atoms with Crippen LogP contribution < -0.4 is 0 Å². The first-order chi connectivity index (χ1) is 4.48. The van der Waals surface area contributed by atoms with Crippen LogP contribution in [0, 0.1) is 0 Å². The van der Waals surface area contributed by atoms with Gasteiger partial charge in [-0.05, 0) is 12.8 Å². The van der Waals surface area contributed by atoms with Gasteiger partial charge in [0.05, 0.1) is 0 Å². The van der Waals surface area contributed by atoms with E-state index in [9.17, 15) is 8.42 Å². The fraction of sp³-hybridized carbons (Fsp3) is 1.00. The SMILES string of the molecule is O=S(=O)(O)C(O)CCCO.[KH]. The van der Waals surface area contributed by atoms with Crippen molar-refractivity contribution < 1.29 is 23.2 Å². The molecule has 0 aromatic carbocycles. The van der Waals surface area contributed by atoms with Crippen molar-refractivity contribution in [3.8, 4) is 0 Å². The molecule has 0 aliphatic carbocycles. The first-order valence-corrected chi connectivity index (χ1v) is 4.24. The summed E-state index contributed by atoms with van der Waals surface area (Å²) in [7, 11) is -4.33. The zero-order chi connectivity index (χ0) is 8.20. The Hall–Kier alpha value is 1.47. The molecule has 0 aromatic rings. The molecule has 0 rings (SSSR count). The Bertz CT molecular complexity index is 177. The fourth-order valence-electron chi connectivity index (χ4n) is 0.415. The van der Waals surface area contributed by atoms with Crippen molar-refractivity contribution >= 4 is 61.5 Å². The van der Waals surface area contributed by atoms with E-state index in [2.05, 4.69) is 0 Å². The van der Waals surface area contributed by atoms with Crippen molar-refractivity contribution in [2.75, 3.05) is 6.61 Å². The normalized spacial score (nSPS) is 13.7. The molecule has 0 heterocycles. The minimum absolute atomic E-state index is 0. The van der Waals surface area contributed by atoms with Crippen molar-refractivity contribution in [3.05, 3.63) is 0 Å². The van der Waals surface area contributed by atoms with E-state index in [1.165, 1.54) is 0 Å². The summed E-state index contributed by atoms with van der Waals surface area (Å²) >= 11 is 0. The Kier molecular flexibility index (Phi) is 9.42. The summed E-state index contributed by atoms with van der Waals surface area (Å²) in [6, 6.07) is 0. The molecular formula is C4H11KO5S. The molecule has 11 heavy (non-hydrogen) atoms. The second kappa shape index (κ2) is 6.93. The molecule has 0 bridgehead atoms. The van der Waals surface area contributed by atoms with E-state index in [1.807, 2.05) is 0 Å². The van der Waals surface area contributed by atoms with Gasteiger partial charge in [-0.2, -0.15) is 8.42 Å². The van der Waals surface area contributed by atoms with Crippen LogP contribution in [0.3, 0.4) is 0 Å². The molecule has 0 saturated carbocycles. The van der Waals surface area contributed by atoms with E-state index in [4.69, 9.17) is 14.8 Å². The summed E-state index contributed by atoms with van der Waals surface area (Å²) in [4.78, 5) is 0. The van der Waals surface area contributed by atoms with Crippen molar-refractivity contribution in [2.45, 2.75) is 18.3 Å². The summed E-state index contributed by atoms with van der Waals surface area (Å²) in [5.74, 6) is 0. The van der Waals surface area contributed by atoms with E-state index in [1.54, 1.807) is 0 Å². The van der Waals surface area contributed by atoms with Gasteiger partial charge >= 0.3 is 51.4 Å². The van der Waals surface area contributed by atoms with E-state index < -0.39 is 15.6 Å². The summed E-state index contributed by atoms with van der Waals surface area (Å²) in [5, 5.41) is 16.8. The van der Waals surface area contributed by atoms with Gasteiger partial charge in [0.2, 0.25) is 0 Å². The Morgan fingerprint density at radius 3 is 2.09 bits per heavy atom. The van der Waals surface area contributed by atoms with Crippen LogP contribution in [0.2, 0.25) is 0 Å². The molecule has 1 atom stereocenters. The third-order valence-corrected chi connectivity index (χ3v) is 1.88. The molecule has 7 heteroatoms. The molecule has 64 valence electrons. The van der Waals surface area contributed by atoms with Gasteiger partial charge in [0.25, 0.3) is 10.1 Å². The Morgan fingerprint density at radius 2 is 1.82 bits per heavy atom. The van der Waals surface area contributed by atoms with E-state index >= 15 is 0 Å². The second-order valence-corrected chi connectivity index (χ2v) is 3.41. The molecule has 0 aliphatic heterocycles. The van der Waals surface area contributed by atoms with Crippen molar-refractivity contribution in [3.63, 3.8) is 0 Å². The number of aliphatic hydroxyl groups excluding tert-OH is 2. The van der Waals surface area contributed by atoms with Gasteiger partial charge in [0.15, 0.2) is 5.44 Å². The van der Waals surface area contributed by atoms with Gasteiger partial charge in [-0.3, -0.25) is 4.55 Å². The predicted octanol–water partition coefficient (Wildman–Crippen LogP) is -1.68. The standard InChI is InChI=1S/C4H10O5S.K.H/c5-3-1-2-4(6)10(7,8)9;;/h4-6H,1-3H2,(H,7,8,9);;. The molecule has 0 fully saturated rings. The molecule has 1 unspecified atom stereocenters. The molecule has 0 radical (unpaired) electrons. The molecule has 0 amide bonds. The first kappa shape index (κ1) is 15.0. The maximum absolute atomic E-state index is 10.1. The average Bonchev–Trinajstić information content (AvgIpc) is 1.80. The van der Waals surface area contributed by atoms with Crippen LogP contribution in [0.5, 0.6) is 0 Å². The second-order valence-electron chi connectivity index (χ2n) is 1.84. The molecule has 0 saturated heterocycles. The van der Waals surface area contributed by atoms with Gasteiger partial charge < -0.3 is 10.2 Å². The van der Waals surface area contributed by atoms with Crippen LogP contribution in [0.25, 0.3) is 0 Å². The third-order valence-electron chi connectivity index (χ3n) is 0.953. The zero-order valence-electron chi connectivity index (χ0n) is 5.27. The summed E-state index contributed by atoms with van der Waals surface area (Å²) in [6.45, 7) is -0.202. The van der Waals surface area contributed by atoms with Gasteiger partial charge in [0, 0.05) is 6.61 Å². The number of rotatable bonds is 4. The predicted molar refractivity (Wildman–Crippen MR) is 41.0 cm³/mol.